The van der Waals surface area contributed by atoms with Crippen LogP contribution in [0.3, 0.4) is 0 Å². The van der Waals surface area contributed by atoms with Crippen molar-refractivity contribution < 1.29 is 23.9 Å². The van der Waals surface area contributed by atoms with Crippen molar-refractivity contribution in [3.63, 3.8) is 0 Å². The summed E-state index contributed by atoms with van der Waals surface area (Å²) < 4.78 is 11.1. The SMILES string of the molecule is COC12C(COC(N)=O)C3=C(C(=O)C(C)=C(N4CCNCC4)C3=O)N1CC1NC12. The zero-order valence-electron chi connectivity index (χ0n) is 16.5. The fraction of sp³-hybridized carbons (Fsp3) is 0.632. The summed E-state index contributed by atoms with van der Waals surface area (Å²) in [6, 6.07) is 0.143. The summed E-state index contributed by atoms with van der Waals surface area (Å²) in [6.45, 7) is 4.98. The van der Waals surface area contributed by atoms with Crippen LogP contribution < -0.4 is 16.4 Å². The van der Waals surface area contributed by atoms with Gasteiger partial charge in [-0.15, -0.1) is 0 Å². The maximum Gasteiger partial charge on any atom is 0.404 e. The second-order valence-electron chi connectivity index (χ2n) is 8.13. The number of primary amides is 1. The number of Topliss-reactive ketones (excluding diaryl/α,β-unsaturated/α-hetero) is 2. The van der Waals surface area contributed by atoms with Crippen LogP contribution in [-0.4, -0.2) is 91.7 Å². The zero-order valence-corrected chi connectivity index (χ0v) is 16.5. The van der Waals surface area contributed by atoms with Crippen molar-refractivity contribution in [2.24, 2.45) is 11.7 Å². The minimum atomic E-state index is -0.935. The van der Waals surface area contributed by atoms with Crippen LogP contribution in [0.1, 0.15) is 6.92 Å². The molecule has 4 N–H and O–H groups in total. The third-order valence-corrected chi connectivity index (χ3v) is 6.83. The molecular formula is C19H25N5O5. The number of carbonyl (C=O) groups is 3. The molecule has 3 fully saturated rings. The molecule has 4 unspecified atom stereocenters. The number of rotatable bonds is 4. The molecule has 1 aliphatic carbocycles. The van der Waals surface area contributed by atoms with Crippen molar-refractivity contribution in [3.05, 3.63) is 22.5 Å². The number of piperazine rings is 2. The van der Waals surface area contributed by atoms with Crippen LogP contribution in [0.5, 0.6) is 0 Å². The van der Waals surface area contributed by atoms with Crippen molar-refractivity contribution in [3.8, 4) is 0 Å². The Morgan fingerprint density at radius 2 is 1.97 bits per heavy atom. The van der Waals surface area contributed by atoms with E-state index in [2.05, 4.69) is 10.6 Å². The largest absolute Gasteiger partial charge is 0.449 e. The van der Waals surface area contributed by atoms with Crippen LogP contribution in [0, 0.1) is 5.92 Å². The molecule has 156 valence electrons. The topological polar surface area (TPSA) is 136 Å². The van der Waals surface area contributed by atoms with Gasteiger partial charge in [0.1, 0.15) is 6.61 Å². The predicted octanol–water partition coefficient (Wildman–Crippen LogP) is -1.70. The van der Waals surface area contributed by atoms with Gasteiger partial charge in [0.2, 0.25) is 11.6 Å². The van der Waals surface area contributed by atoms with Crippen molar-refractivity contribution in [1.82, 2.24) is 20.4 Å². The van der Waals surface area contributed by atoms with Gasteiger partial charge in [0.05, 0.1) is 23.4 Å². The smallest absolute Gasteiger partial charge is 0.404 e. The zero-order chi connectivity index (χ0) is 20.5. The first kappa shape index (κ1) is 18.6. The third-order valence-electron chi connectivity index (χ3n) is 6.83. The van der Waals surface area contributed by atoms with Crippen LogP contribution in [0.25, 0.3) is 0 Å². The van der Waals surface area contributed by atoms with E-state index in [0.717, 1.165) is 13.1 Å². The van der Waals surface area contributed by atoms with Crippen molar-refractivity contribution in [2.75, 3.05) is 46.4 Å². The molecule has 10 nitrogen and oxygen atoms in total. The molecule has 0 saturated carbocycles. The van der Waals surface area contributed by atoms with Gasteiger partial charge in [0.15, 0.2) is 5.72 Å². The minimum absolute atomic E-state index is 0.0388. The highest BCUT2D eigenvalue weighted by Gasteiger charge is 2.72. The van der Waals surface area contributed by atoms with E-state index in [1.54, 1.807) is 14.0 Å². The number of nitrogens with two attached hydrogens (primary N) is 1. The first-order valence-electron chi connectivity index (χ1n) is 9.93. The number of hydrogen-bond acceptors (Lipinski definition) is 9. The number of amides is 1. The van der Waals surface area contributed by atoms with Gasteiger partial charge in [0.25, 0.3) is 0 Å². The molecule has 10 heteroatoms. The molecule has 1 amide bonds. The number of allylic oxidation sites excluding steroid dienone is 2. The first-order chi connectivity index (χ1) is 13.9. The van der Waals surface area contributed by atoms with Crippen LogP contribution in [0.15, 0.2) is 22.5 Å². The number of nitrogens with zero attached hydrogens (tertiary/aromatic N) is 2. The van der Waals surface area contributed by atoms with Gasteiger partial charge < -0.3 is 35.6 Å². The van der Waals surface area contributed by atoms with Gasteiger partial charge in [-0.2, -0.15) is 0 Å². The molecule has 4 aliphatic heterocycles. The molecular weight excluding hydrogens is 378 g/mol. The molecule has 5 rings (SSSR count). The van der Waals surface area contributed by atoms with Gasteiger partial charge in [-0.1, -0.05) is 0 Å². The fourth-order valence-electron chi connectivity index (χ4n) is 5.55. The second-order valence-corrected chi connectivity index (χ2v) is 8.13. The Kier molecular flexibility index (Phi) is 4.03. The standard InChI is InChI=1S/C19H25N5O5/c1-9-13(23-5-3-21-4-6-23)16(26)12-10(8-29-18(20)27)19(28-2)17-11(22-17)7-24(19)14(12)15(9)25/h10-11,17,21-22H,3-8H2,1-2H3,(H2,20,27). The Balaban J connectivity index is 1.59. The number of nitrogens with one attached hydrogen (secondary N) is 2. The molecule has 4 atom stereocenters. The summed E-state index contributed by atoms with van der Waals surface area (Å²) in [7, 11) is 1.57. The van der Waals surface area contributed by atoms with E-state index in [-0.39, 0.29) is 30.3 Å². The fourth-order valence-corrected chi connectivity index (χ4v) is 5.55. The Bertz CT molecular complexity index is 876. The normalized spacial score (nSPS) is 35.7. The van der Waals surface area contributed by atoms with Gasteiger partial charge in [-0.25, -0.2) is 4.79 Å². The first-order valence-corrected chi connectivity index (χ1v) is 9.93. The maximum atomic E-state index is 13.7. The number of fused-ring (bicyclic) bond motifs is 4. The summed E-state index contributed by atoms with van der Waals surface area (Å²) in [5.74, 6) is -0.931. The lowest BCUT2D eigenvalue weighted by molar-refractivity contribution is -0.137. The second kappa shape index (κ2) is 6.28. The molecule has 0 aromatic heterocycles. The molecule has 4 heterocycles. The van der Waals surface area contributed by atoms with Gasteiger partial charge in [0, 0.05) is 57.0 Å². The van der Waals surface area contributed by atoms with Gasteiger partial charge in [-0.05, 0) is 6.92 Å². The van der Waals surface area contributed by atoms with Crippen LogP contribution in [-0.2, 0) is 19.1 Å². The number of methoxy groups -OCH3 is 1. The van der Waals surface area contributed by atoms with Crippen molar-refractivity contribution in [2.45, 2.75) is 24.7 Å². The average Bonchev–Trinajstić information content (AvgIpc) is 3.32. The van der Waals surface area contributed by atoms with E-state index >= 15 is 0 Å². The average molecular weight is 403 g/mol. The highest BCUT2D eigenvalue weighted by atomic mass is 16.6. The molecule has 0 bridgehead atoms. The third kappa shape index (κ3) is 2.36. The number of hydrogen-bond donors (Lipinski definition) is 3. The van der Waals surface area contributed by atoms with E-state index < -0.39 is 17.7 Å². The summed E-state index contributed by atoms with van der Waals surface area (Å²) in [5, 5.41) is 6.62. The lowest BCUT2D eigenvalue weighted by atomic mass is 9.82. The monoisotopic (exact) mass is 403 g/mol. The lowest BCUT2D eigenvalue weighted by Crippen LogP contribution is -2.55. The summed E-state index contributed by atoms with van der Waals surface area (Å²) in [6.07, 6.45) is -0.918. The summed E-state index contributed by atoms with van der Waals surface area (Å²) in [5.41, 5.74) is 5.96. The highest BCUT2D eigenvalue weighted by Crippen LogP contribution is 2.55. The van der Waals surface area contributed by atoms with Gasteiger partial charge in [-0.3, -0.25) is 9.59 Å². The molecule has 0 radical (unpaired) electrons. The Morgan fingerprint density at radius 3 is 2.62 bits per heavy atom. The molecule has 0 aromatic rings. The molecule has 0 aromatic carbocycles. The Labute approximate surface area is 168 Å². The lowest BCUT2D eigenvalue weighted by Gasteiger charge is -2.39. The summed E-state index contributed by atoms with van der Waals surface area (Å²) >= 11 is 0. The molecule has 3 saturated heterocycles. The highest BCUT2D eigenvalue weighted by molar-refractivity contribution is 6.25. The van der Waals surface area contributed by atoms with E-state index in [4.69, 9.17) is 15.2 Å². The van der Waals surface area contributed by atoms with E-state index in [9.17, 15) is 14.4 Å². The van der Waals surface area contributed by atoms with E-state index in [0.29, 0.717) is 42.2 Å². The van der Waals surface area contributed by atoms with E-state index in [1.807, 2.05) is 9.80 Å². The predicted molar refractivity (Wildman–Crippen MR) is 100 cm³/mol. The molecule has 0 spiro atoms. The van der Waals surface area contributed by atoms with E-state index in [1.165, 1.54) is 0 Å². The Hall–Kier alpha value is -2.43. The van der Waals surface area contributed by atoms with Crippen LogP contribution in [0.2, 0.25) is 0 Å². The number of ether oxygens (including phenoxy) is 2. The van der Waals surface area contributed by atoms with Gasteiger partial charge >= 0.3 is 6.09 Å². The van der Waals surface area contributed by atoms with Crippen molar-refractivity contribution >= 4 is 17.7 Å². The molecule has 5 aliphatic rings. The number of carbonyl (C=O) groups excluding carboxylic acids is 3. The quantitative estimate of drug-likeness (QED) is 0.370. The Morgan fingerprint density at radius 1 is 1.24 bits per heavy atom. The summed E-state index contributed by atoms with van der Waals surface area (Å²) in [4.78, 5) is 42.4. The maximum absolute atomic E-state index is 13.7. The van der Waals surface area contributed by atoms with Crippen molar-refractivity contribution in [1.29, 1.82) is 0 Å². The number of ketones is 2. The van der Waals surface area contributed by atoms with Crippen LogP contribution in [0.4, 0.5) is 4.79 Å². The van der Waals surface area contributed by atoms with Crippen LogP contribution >= 0.6 is 0 Å². The molecule has 29 heavy (non-hydrogen) atoms. The minimum Gasteiger partial charge on any atom is -0.449 e.